The van der Waals surface area contributed by atoms with Gasteiger partial charge >= 0.3 is 0 Å². The number of para-hydroxylation sites is 1. The maximum absolute atomic E-state index is 12.3. The van der Waals surface area contributed by atoms with Gasteiger partial charge in [0, 0.05) is 12.5 Å². The Kier molecular flexibility index (Phi) is 4.77. The first-order valence-corrected chi connectivity index (χ1v) is 8.70. The van der Waals surface area contributed by atoms with Gasteiger partial charge in [0.25, 0.3) is 0 Å². The topological polar surface area (TPSA) is 47.3 Å². The molecule has 22 heavy (non-hydrogen) atoms. The van der Waals surface area contributed by atoms with Crippen LogP contribution in [0.5, 0.6) is 0 Å². The van der Waals surface area contributed by atoms with E-state index in [0.29, 0.717) is 27.8 Å². The van der Waals surface area contributed by atoms with E-state index in [1.165, 1.54) is 38.2 Å². The first-order chi connectivity index (χ1) is 10.6. The molecule has 0 spiro atoms. The predicted octanol–water partition coefficient (Wildman–Crippen LogP) is 5.10. The lowest BCUT2D eigenvalue weighted by molar-refractivity contribution is 0.0943. The number of fused-ring (bicyclic) bond motifs is 1. The molecule has 3 rings (SSSR count). The molecule has 0 saturated heterocycles. The minimum absolute atomic E-state index is 0.0691. The summed E-state index contributed by atoms with van der Waals surface area (Å²) in [6.07, 6.45) is 7.67. The molecular weight excluding hydrogens is 344 g/mol. The zero-order valence-electron chi connectivity index (χ0n) is 12.4. The number of hydrogen-bond acceptors (Lipinski definition) is 3. The van der Waals surface area contributed by atoms with Crippen LogP contribution in [0.3, 0.4) is 0 Å². The van der Waals surface area contributed by atoms with Crippen LogP contribution in [0.15, 0.2) is 37.9 Å². The Morgan fingerprint density at radius 2 is 2.00 bits per heavy atom. The number of ketones is 1. The van der Waals surface area contributed by atoms with Gasteiger partial charge in [0.1, 0.15) is 0 Å². The molecule has 0 radical (unpaired) electrons. The average Bonchev–Trinajstić information content (AvgIpc) is 2.54. The Labute approximate surface area is 137 Å². The molecule has 2 aromatic rings. The minimum Gasteiger partial charge on any atom is -0.452 e. The lowest BCUT2D eigenvalue weighted by Crippen LogP contribution is -2.11. The molecule has 0 atom stereocenters. The molecule has 1 aromatic carbocycles. The van der Waals surface area contributed by atoms with E-state index in [2.05, 4.69) is 15.9 Å². The van der Waals surface area contributed by atoms with Crippen molar-refractivity contribution in [1.82, 2.24) is 0 Å². The highest BCUT2D eigenvalue weighted by Gasteiger charge is 2.18. The first kappa shape index (κ1) is 15.5. The van der Waals surface area contributed by atoms with Crippen LogP contribution in [0.4, 0.5) is 0 Å². The third kappa shape index (κ3) is 3.32. The monoisotopic (exact) mass is 362 g/mol. The van der Waals surface area contributed by atoms with E-state index in [-0.39, 0.29) is 17.0 Å². The van der Waals surface area contributed by atoms with Crippen molar-refractivity contribution >= 4 is 32.7 Å². The van der Waals surface area contributed by atoms with Crippen LogP contribution in [0.1, 0.15) is 55.5 Å². The van der Waals surface area contributed by atoms with E-state index in [1.807, 2.05) is 6.07 Å². The summed E-state index contributed by atoms with van der Waals surface area (Å²) in [6.45, 7) is 0. The lowest BCUT2D eigenvalue weighted by Gasteiger charge is -2.20. The zero-order chi connectivity index (χ0) is 15.5. The summed E-state index contributed by atoms with van der Waals surface area (Å²) in [5.41, 5.74) is 0.291. The van der Waals surface area contributed by atoms with Crippen LogP contribution in [-0.2, 0) is 0 Å². The van der Waals surface area contributed by atoms with E-state index in [1.54, 1.807) is 12.1 Å². The van der Waals surface area contributed by atoms with E-state index in [9.17, 15) is 9.59 Å². The second-order valence-electron chi connectivity index (χ2n) is 6.06. The number of Topliss-reactive ketones (excluding diaryl/α,β-unsaturated/α-hetero) is 1. The quantitative estimate of drug-likeness (QED) is 0.710. The molecule has 1 heterocycles. The Morgan fingerprint density at radius 3 is 2.77 bits per heavy atom. The van der Waals surface area contributed by atoms with Crippen molar-refractivity contribution in [3.63, 3.8) is 0 Å². The molecule has 1 aliphatic carbocycles. The molecule has 4 heteroatoms. The highest BCUT2D eigenvalue weighted by Crippen LogP contribution is 2.28. The highest BCUT2D eigenvalue weighted by atomic mass is 79.9. The zero-order valence-corrected chi connectivity index (χ0v) is 14.0. The van der Waals surface area contributed by atoms with Crippen molar-refractivity contribution in [2.45, 2.75) is 44.9 Å². The number of halogens is 1. The molecule has 0 bridgehead atoms. The molecule has 1 saturated carbocycles. The number of carbonyl (C=O) groups excluding carboxylic acids is 1. The molecule has 116 valence electrons. The van der Waals surface area contributed by atoms with Crippen LogP contribution >= 0.6 is 15.9 Å². The number of benzene rings is 1. The molecule has 0 N–H and O–H groups in total. The van der Waals surface area contributed by atoms with E-state index < -0.39 is 0 Å². The number of hydrogen-bond donors (Lipinski definition) is 0. The average molecular weight is 363 g/mol. The summed E-state index contributed by atoms with van der Waals surface area (Å²) in [4.78, 5) is 24.5. The molecule has 3 nitrogen and oxygen atoms in total. The maximum Gasteiger partial charge on any atom is 0.198 e. The maximum atomic E-state index is 12.3. The summed E-state index contributed by atoms with van der Waals surface area (Å²) in [7, 11) is 0. The number of carbonyl (C=O) groups is 1. The molecular formula is C18H19BrO3. The fourth-order valence-corrected chi connectivity index (χ4v) is 3.66. The minimum atomic E-state index is -0.163. The molecule has 1 aromatic heterocycles. The summed E-state index contributed by atoms with van der Waals surface area (Å²) in [6, 6.07) is 6.63. The Bertz CT molecular complexity index is 742. The largest absolute Gasteiger partial charge is 0.452 e. The third-order valence-corrected chi connectivity index (χ3v) is 5.11. The van der Waals surface area contributed by atoms with Crippen molar-refractivity contribution in [3.05, 3.63) is 44.7 Å². The van der Waals surface area contributed by atoms with E-state index >= 15 is 0 Å². The van der Waals surface area contributed by atoms with Crippen LogP contribution in [0, 0.1) is 5.92 Å². The molecule has 0 aliphatic heterocycles. The third-order valence-electron chi connectivity index (χ3n) is 4.49. The predicted molar refractivity (Wildman–Crippen MR) is 90.3 cm³/mol. The first-order valence-electron chi connectivity index (χ1n) is 7.91. The summed E-state index contributed by atoms with van der Waals surface area (Å²) >= 11 is 3.37. The van der Waals surface area contributed by atoms with Crippen LogP contribution < -0.4 is 5.43 Å². The highest BCUT2D eigenvalue weighted by molar-refractivity contribution is 9.10. The molecule has 1 fully saturated rings. The lowest BCUT2D eigenvalue weighted by atomic mass is 9.85. The summed E-state index contributed by atoms with van der Waals surface area (Å²) < 4.78 is 6.38. The fourth-order valence-electron chi connectivity index (χ4n) is 3.21. The van der Waals surface area contributed by atoms with Gasteiger partial charge in [-0.25, -0.2) is 0 Å². The Balaban J connectivity index is 1.79. The van der Waals surface area contributed by atoms with Crippen LogP contribution in [-0.4, -0.2) is 5.78 Å². The second-order valence-corrected chi connectivity index (χ2v) is 6.91. The SMILES string of the molecule is O=C(CCC1CCCCC1)c1cc(=O)c2cccc(Br)c2o1. The van der Waals surface area contributed by atoms with Gasteiger partial charge in [-0.05, 0) is 40.4 Å². The van der Waals surface area contributed by atoms with Gasteiger partial charge in [0.2, 0.25) is 0 Å². The second kappa shape index (κ2) is 6.78. The molecule has 0 amide bonds. The van der Waals surface area contributed by atoms with Gasteiger partial charge in [0.05, 0.1) is 9.86 Å². The standard InChI is InChI=1S/C18H19BrO3/c19-14-8-4-7-13-16(21)11-17(22-18(13)14)15(20)10-9-12-5-2-1-3-6-12/h4,7-8,11-12H,1-3,5-6,9-10H2. The van der Waals surface area contributed by atoms with Gasteiger partial charge in [-0.3, -0.25) is 9.59 Å². The van der Waals surface area contributed by atoms with E-state index in [0.717, 1.165) is 6.42 Å². The Hall–Kier alpha value is -1.42. The fraction of sp³-hybridized carbons (Fsp3) is 0.444. The van der Waals surface area contributed by atoms with Crippen molar-refractivity contribution in [1.29, 1.82) is 0 Å². The van der Waals surface area contributed by atoms with Gasteiger partial charge in [0.15, 0.2) is 22.6 Å². The normalized spacial score (nSPS) is 16.0. The van der Waals surface area contributed by atoms with Crippen LogP contribution in [0.25, 0.3) is 11.0 Å². The molecule has 0 unspecified atom stereocenters. The van der Waals surface area contributed by atoms with Crippen molar-refractivity contribution in [2.75, 3.05) is 0 Å². The van der Waals surface area contributed by atoms with Crippen molar-refractivity contribution < 1.29 is 9.21 Å². The van der Waals surface area contributed by atoms with Crippen LogP contribution in [0.2, 0.25) is 0 Å². The van der Waals surface area contributed by atoms with E-state index in [4.69, 9.17) is 4.42 Å². The summed E-state index contributed by atoms with van der Waals surface area (Å²) in [5, 5.41) is 0.498. The van der Waals surface area contributed by atoms with Gasteiger partial charge in [-0.15, -0.1) is 0 Å². The van der Waals surface area contributed by atoms with Gasteiger partial charge in [-0.2, -0.15) is 0 Å². The molecule has 1 aliphatic rings. The number of rotatable bonds is 4. The summed E-state index contributed by atoms with van der Waals surface area (Å²) in [5.74, 6) is 0.761. The Morgan fingerprint density at radius 1 is 1.23 bits per heavy atom. The van der Waals surface area contributed by atoms with Crippen molar-refractivity contribution in [3.8, 4) is 0 Å². The van der Waals surface area contributed by atoms with Gasteiger partial charge in [-0.1, -0.05) is 38.2 Å². The van der Waals surface area contributed by atoms with Gasteiger partial charge < -0.3 is 4.42 Å². The smallest absolute Gasteiger partial charge is 0.198 e. The van der Waals surface area contributed by atoms with Crippen molar-refractivity contribution in [2.24, 2.45) is 5.92 Å².